The number of hydrogen-bond donors (Lipinski definition) is 1. The molecule has 0 saturated carbocycles. The van der Waals surface area contributed by atoms with Crippen LogP contribution >= 0.6 is 27.5 Å². The monoisotopic (exact) mass is 504 g/mol. The second-order valence-corrected chi connectivity index (χ2v) is 8.92. The number of nitrogens with one attached hydrogen (secondary N) is 1. The van der Waals surface area contributed by atoms with Gasteiger partial charge in [0.15, 0.2) is 0 Å². The third-order valence-corrected chi connectivity index (χ3v) is 5.73. The number of nitrogens with zero attached hydrogens (tertiary/aromatic N) is 1. The summed E-state index contributed by atoms with van der Waals surface area (Å²) in [7, 11) is 0. The smallest absolute Gasteiger partial charge is 0.344 e. The van der Waals surface area contributed by atoms with E-state index in [9.17, 15) is 18.0 Å². The van der Waals surface area contributed by atoms with Crippen molar-refractivity contribution in [2.24, 2.45) is 0 Å². The van der Waals surface area contributed by atoms with Crippen LogP contribution in [0.5, 0.6) is 0 Å². The van der Waals surface area contributed by atoms with Gasteiger partial charge in [0.1, 0.15) is 0 Å². The van der Waals surface area contributed by atoms with Crippen molar-refractivity contribution in [1.82, 2.24) is 10.2 Å². The van der Waals surface area contributed by atoms with Crippen molar-refractivity contribution in [2.45, 2.75) is 52.0 Å². The van der Waals surface area contributed by atoms with Crippen molar-refractivity contribution >= 4 is 33.4 Å². The van der Waals surface area contributed by atoms with Gasteiger partial charge in [0, 0.05) is 23.1 Å². The first-order valence-corrected chi connectivity index (χ1v) is 10.8. The van der Waals surface area contributed by atoms with E-state index in [1.54, 1.807) is 0 Å². The molecule has 30 heavy (non-hydrogen) atoms. The highest BCUT2D eigenvalue weighted by Crippen LogP contribution is 2.36. The van der Waals surface area contributed by atoms with E-state index in [4.69, 9.17) is 11.6 Å². The SMILES string of the molecule is CC(C)N(CC(NC(=O)c1cccc(C(F)(F)F)c1Cl)c1cccc(Br)c1)C(C)C. The Bertz CT molecular complexity index is 879. The van der Waals surface area contributed by atoms with Gasteiger partial charge in [0.2, 0.25) is 0 Å². The first-order chi connectivity index (χ1) is 13.9. The summed E-state index contributed by atoms with van der Waals surface area (Å²) < 4.78 is 40.4. The summed E-state index contributed by atoms with van der Waals surface area (Å²) in [4.78, 5) is 15.1. The summed E-state index contributed by atoms with van der Waals surface area (Å²) in [5.41, 5.74) is -0.388. The molecule has 0 aliphatic carbocycles. The standard InChI is InChI=1S/C22H25BrClF3N2O/c1-13(2)29(14(3)4)12-19(15-7-5-8-16(23)11-15)28-21(30)17-9-6-10-18(20(17)24)22(25,26)27/h5-11,13-14,19H,12H2,1-4H3,(H,28,30). The van der Waals surface area contributed by atoms with Gasteiger partial charge in [-0.05, 0) is 57.5 Å². The van der Waals surface area contributed by atoms with Gasteiger partial charge in [-0.25, -0.2) is 0 Å². The van der Waals surface area contributed by atoms with E-state index in [0.717, 1.165) is 16.1 Å². The molecule has 2 aromatic rings. The second-order valence-electron chi connectivity index (χ2n) is 7.63. The Morgan fingerprint density at radius 3 is 2.23 bits per heavy atom. The van der Waals surface area contributed by atoms with Crippen LogP contribution in [-0.2, 0) is 6.18 Å². The van der Waals surface area contributed by atoms with Gasteiger partial charge in [-0.2, -0.15) is 13.2 Å². The van der Waals surface area contributed by atoms with Crippen LogP contribution in [0.4, 0.5) is 13.2 Å². The van der Waals surface area contributed by atoms with Crippen molar-refractivity contribution in [1.29, 1.82) is 0 Å². The molecule has 0 bridgehead atoms. The number of hydrogen-bond acceptors (Lipinski definition) is 2. The molecule has 2 aromatic carbocycles. The minimum atomic E-state index is -4.64. The molecule has 1 N–H and O–H groups in total. The van der Waals surface area contributed by atoms with Gasteiger partial charge in [0.05, 0.1) is 22.2 Å². The van der Waals surface area contributed by atoms with Gasteiger partial charge in [0.25, 0.3) is 5.91 Å². The van der Waals surface area contributed by atoms with Crippen molar-refractivity contribution in [3.63, 3.8) is 0 Å². The molecule has 3 nitrogen and oxygen atoms in total. The lowest BCUT2D eigenvalue weighted by Gasteiger charge is -2.34. The highest BCUT2D eigenvalue weighted by molar-refractivity contribution is 9.10. The third kappa shape index (κ3) is 6.22. The Balaban J connectivity index is 2.40. The molecule has 8 heteroatoms. The minimum absolute atomic E-state index is 0.202. The lowest BCUT2D eigenvalue weighted by Crippen LogP contribution is -2.44. The third-order valence-electron chi connectivity index (χ3n) is 4.83. The summed E-state index contributed by atoms with van der Waals surface area (Å²) in [6.45, 7) is 8.73. The van der Waals surface area contributed by atoms with Crippen molar-refractivity contribution in [3.8, 4) is 0 Å². The van der Waals surface area contributed by atoms with Crippen LogP contribution < -0.4 is 5.32 Å². The van der Waals surface area contributed by atoms with Gasteiger partial charge in [-0.15, -0.1) is 0 Å². The Morgan fingerprint density at radius 1 is 1.10 bits per heavy atom. The molecule has 0 saturated heterocycles. The maximum atomic E-state index is 13.2. The zero-order valence-electron chi connectivity index (χ0n) is 17.2. The first-order valence-electron chi connectivity index (χ1n) is 9.59. The van der Waals surface area contributed by atoms with Gasteiger partial charge in [-0.3, -0.25) is 9.69 Å². The second kappa shape index (κ2) is 10.2. The molecule has 164 valence electrons. The number of carbonyl (C=O) groups is 1. The molecule has 0 aliphatic rings. The Morgan fingerprint density at radius 2 is 1.70 bits per heavy atom. The predicted octanol–water partition coefficient (Wildman–Crippen LogP) is 6.71. The lowest BCUT2D eigenvalue weighted by atomic mass is 10.0. The molecule has 0 aromatic heterocycles. The summed E-state index contributed by atoms with van der Waals surface area (Å²) in [6.07, 6.45) is -4.64. The zero-order valence-corrected chi connectivity index (χ0v) is 19.6. The number of amides is 1. The van der Waals surface area contributed by atoms with Gasteiger partial charge >= 0.3 is 6.18 Å². The fourth-order valence-corrected chi connectivity index (χ4v) is 4.08. The number of halogens is 5. The van der Waals surface area contributed by atoms with Crippen LogP contribution in [0.3, 0.4) is 0 Å². The maximum absolute atomic E-state index is 13.2. The Labute approximate surface area is 188 Å². The first kappa shape index (κ1) is 24.7. The minimum Gasteiger partial charge on any atom is -0.344 e. The van der Waals surface area contributed by atoms with E-state index in [0.29, 0.717) is 6.54 Å². The molecule has 1 unspecified atom stereocenters. The molecule has 0 aliphatic heterocycles. The van der Waals surface area contributed by atoms with Crippen molar-refractivity contribution in [2.75, 3.05) is 6.54 Å². The molecule has 0 spiro atoms. The molecule has 0 fully saturated rings. The molecule has 2 rings (SSSR count). The Kier molecular flexibility index (Phi) is 8.36. The average Bonchev–Trinajstić information content (AvgIpc) is 2.63. The van der Waals surface area contributed by atoms with Crippen molar-refractivity contribution < 1.29 is 18.0 Å². The van der Waals surface area contributed by atoms with E-state index < -0.39 is 28.7 Å². The molecule has 1 atom stereocenters. The number of carbonyl (C=O) groups excluding carboxylic acids is 1. The van der Waals surface area contributed by atoms with E-state index in [1.807, 2.05) is 24.3 Å². The van der Waals surface area contributed by atoms with Crippen LogP contribution in [0.2, 0.25) is 5.02 Å². The van der Waals surface area contributed by atoms with E-state index in [-0.39, 0.29) is 17.6 Å². The fourth-order valence-electron chi connectivity index (χ4n) is 3.35. The van der Waals surface area contributed by atoms with Crippen LogP contribution in [0.15, 0.2) is 46.9 Å². The van der Waals surface area contributed by atoms with Crippen LogP contribution in [0.25, 0.3) is 0 Å². The summed E-state index contributed by atoms with van der Waals surface area (Å²) in [5.74, 6) is -0.650. The topological polar surface area (TPSA) is 32.3 Å². The maximum Gasteiger partial charge on any atom is 0.417 e. The van der Waals surface area contributed by atoms with Gasteiger partial charge < -0.3 is 5.32 Å². The van der Waals surface area contributed by atoms with Crippen LogP contribution in [0, 0.1) is 0 Å². The molecular weight excluding hydrogens is 481 g/mol. The largest absolute Gasteiger partial charge is 0.417 e. The van der Waals surface area contributed by atoms with E-state index >= 15 is 0 Å². The number of alkyl halides is 3. The summed E-state index contributed by atoms with van der Waals surface area (Å²) in [5, 5.41) is 2.29. The summed E-state index contributed by atoms with van der Waals surface area (Å²) >= 11 is 9.39. The van der Waals surface area contributed by atoms with Crippen LogP contribution in [0.1, 0.15) is 55.2 Å². The van der Waals surface area contributed by atoms with E-state index in [1.165, 1.54) is 12.1 Å². The fraction of sp³-hybridized carbons (Fsp3) is 0.409. The summed E-state index contributed by atoms with van der Waals surface area (Å²) in [6, 6.07) is 10.8. The molecule has 0 radical (unpaired) electrons. The Hall–Kier alpha value is -1.57. The molecular formula is C22H25BrClF3N2O. The molecule has 0 heterocycles. The quantitative estimate of drug-likeness (QED) is 0.453. The number of rotatable bonds is 7. The zero-order chi connectivity index (χ0) is 22.6. The predicted molar refractivity (Wildman–Crippen MR) is 118 cm³/mol. The molecule has 1 amide bonds. The van der Waals surface area contributed by atoms with Gasteiger partial charge in [-0.1, -0.05) is 45.7 Å². The van der Waals surface area contributed by atoms with Crippen molar-refractivity contribution in [3.05, 3.63) is 68.7 Å². The van der Waals surface area contributed by atoms with Crippen LogP contribution in [-0.4, -0.2) is 29.4 Å². The average molecular weight is 506 g/mol. The number of benzene rings is 2. The highest BCUT2D eigenvalue weighted by atomic mass is 79.9. The normalized spacial score (nSPS) is 13.2. The van der Waals surface area contributed by atoms with E-state index in [2.05, 4.69) is 53.8 Å². The lowest BCUT2D eigenvalue weighted by molar-refractivity contribution is -0.137. The highest BCUT2D eigenvalue weighted by Gasteiger charge is 2.35.